The van der Waals surface area contributed by atoms with Gasteiger partial charge in [-0.15, -0.1) is 0 Å². The van der Waals surface area contributed by atoms with E-state index in [-0.39, 0.29) is 11.5 Å². The second-order valence-electron chi connectivity index (χ2n) is 8.63. The van der Waals surface area contributed by atoms with Crippen molar-refractivity contribution in [2.45, 2.75) is 26.6 Å². The predicted octanol–water partition coefficient (Wildman–Crippen LogP) is 4.36. The van der Waals surface area contributed by atoms with Gasteiger partial charge in [0.15, 0.2) is 0 Å². The van der Waals surface area contributed by atoms with Crippen molar-refractivity contribution in [2.24, 2.45) is 0 Å². The van der Waals surface area contributed by atoms with E-state index in [9.17, 15) is 9.59 Å². The minimum atomic E-state index is -0.155. The van der Waals surface area contributed by atoms with Crippen LogP contribution in [0.15, 0.2) is 102 Å². The predicted molar refractivity (Wildman–Crippen MR) is 138 cm³/mol. The zero-order chi connectivity index (χ0) is 24.9. The molecule has 36 heavy (non-hydrogen) atoms. The summed E-state index contributed by atoms with van der Waals surface area (Å²) in [6.45, 7) is 3.30. The first-order valence-corrected chi connectivity index (χ1v) is 11.7. The van der Waals surface area contributed by atoms with E-state index in [2.05, 4.69) is 10.3 Å². The summed E-state index contributed by atoms with van der Waals surface area (Å²) in [4.78, 5) is 29.1. The van der Waals surface area contributed by atoms with Gasteiger partial charge < -0.3 is 19.0 Å². The fraction of sp³-hybridized carbons (Fsp3) is 0.138. The lowest BCUT2D eigenvalue weighted by molar-refractivity contribution is 0.0951. The molecule has 0 atom stereocenters. The summed E-state index contributed by atoms with van der Waals surface area (Å²) in [6, 6.07) is 24.1. The first kappa shape index (κ1) is 23.1. The Morgan fingerprint density at radius 3 is 2.44 bits per heavy atom. The third-order valence-corrected chi connectivity index (χ3v) is 5.96. The standard InChI is InChI=1S/C29H26N4O3/c1-21-5-4-16-33-19-25(31-28(21)33)20-36-26-13-11-24(12-14-26)29(35)30-17-22-7-9-23(10-8-22)18-32-15-3-2-6-27(32)34/h2-16,19H,17-18,20H2,1H3,(H,30,35). The zero-order valence-electron chi connectivity index (χ0n) is 19.9. The number of nitrogens with zero attached hydrogens (tertiary/aromatic N) is 3. The van der Waals surface area contributed by atoms with Gasteiger partial charge in [-0.05, 0) is 60.0 Å². The highest BCUT2D eigenvalue weighted by Gasteiger charge is 2.08. The van der Waals surface area contributed by atoms with E-state index >= 15 is 0 Å². The molecular weight excluding hydrogens is 452 g/mol. The van der Waals surface area contributed by atoms with E-state index in [4.69, 9.17) is 4.74 Å². The van der Waals surface area contributed by atoms with Crippen LogP contribution in [0.4, 0.5) is 0 Å². The molecule has 0 aliphatic carbocycles. The number of nitrogens with one attached hydrogen (secondary N) is 1. The Balaban J connectivity index is 1.13. The molecule has 0 aliphatic heterocycles. The topological polar surface area (TPSA) is 77.6 Å². The molecule has 0 unspecified atom stereocenters. The second kappa shape index (κ2) is 10.3. The van der Waals surface area contributed by atoms with Crippen molar-refractivity contribution in [3.8, 4) is 5.75 Å². The summed E-state index contributed by atoms with van der Waals surface area (Å²) in [5.41, 5.74) is 5.40. The largest absolute Gasteiger partial charge is 0.487 e. The van der Waals surface area contributed by atoms with Crippen LogP contribution in [0.3, 0.4) is 0 Å². The summed E-state index contributed by atoms with van der Waals surface area (Å²) >= 11 is 0. The van der Waals surface area contributed by atoms with Crippen molar-refractivity contribution < 1.29 is 9.53 Å². The number of benzene rings is 2. The molecule has 3 aromatic heterocycles. The zero-order valence-corrected chi connectivity index (χ0v) is 19.9. The molecule has 5 rings (SSSR count). The molecule has 180 valence electrons. The number of rotatable bonds is 8. The van der Waals surface area contributed by atoms with Gasteiger partial charge in [0.2, 0.25) is 0 Å². The Morgan fingerprint density at radius 2 is 1.69 bits per heavy atom. The second-order valence-corrected chi connectivity index (χ2v) is 8.63. The molecule has 1 amide bonds. The molecule has 0 bridgehead atoms. The Bertz CT molecular complexity index is 1550. The van der Waals surface area contributed by atoms with Crippen molar-refractivity contribution in [3.05, 3.63) is 136 Å². The normalized spacial score (nSPS) is 10.9. The van der Waals surface area contributed by atoms with Crippen LogP contribution in [0, 0.1) is 6.92 Å². The maximum atomic E-state index is 12.6. The van der Waals surface area contributed by atoms with Crippen molar-refractivity contribution in [3.63, 3.8) is 0 Å². The smallest absolute Gasteiger partial charge is 0.251 e. The van der Waals surface area contributed by atoms with Crippen molar-refractivity contribution in [2.75, 3.05) is 0 Å². The Kier molecular flexibility index (Phi) is 6.62. The van der Waals surface area contributed by atoms with Crippen LogP contribution in [-0.4, -0.2) is 19.9 Å². The fourth-order valence-electron chi connectivity index (χ4n) is 3.97. The average molecular weight is 479 g/mol. The van der Waals surface area contributed by atoms with Crippen molar-refractivity contribution in [1.82, 2.24) is 19.3 Å². The van der Waals surface area contributed by atoms with Gasteiger partial charge >= 0.3 is 0 Å². The SMILES string of the molecule is Cc1cccn2cc(COc3ccc(C(=O)NCc4ccc(Cn5ccccc5=O)cc4)cc3)nc12. The Labute approximate surface area is 208 Å². The molecule has 0 spiro atoms. The van der Waals surface area contributed by atoms with Crippen LogP contribution in [0.5, 0.6) is 5.75 Å². The molecule has 0 aliphatic rings. The lowest BCUT2D eigenvalue weighted by Crippen LogP contribution is -2.22. The van der Waals surface area contributed by atoms with Gasteiger partial charge in [0, 0.05) is 36.8 Å². The van der Waals surface area contributed by atoms with Gasteiger partial charge in [-0.25, -0.2) is 4.98 Å². The fourth-order valence-corrected chi connectivity index (χ4v) is 3.97. The van der Waals surface area contributed by atoms with E-state index in [1.807, 2.05) is 66.2 Å². The van der Waals surface area contributed by atoms with Crippen LogP contribution in [-0.2, 0) is 19.7 Å². The number of hydrogen-bond acceptors (Lipinski definition) is 4. The molecule has 0 fully saturated rings. The lowest BCUT2D eigenvalue weighted by Gasteiger charge is -2.09. The van der Waals surface area contributed by atoms with Crippen molar-refractivity contribution in [1.29, 1.82) is 0 Å². The van der Waals surface area contributed by atoms with E-state index in [0.717, 1.165) is 28.0 Å². The number of hydrogen-bond donors (Lipinski definition) is 1. The molecule has 0 saturated carbocycles. The summed E-state index contributed by atoms with van der Waals surface area (Å²) in [5, 5.41) is 2.94. The molecule has 1 N–H and O–H groups in total. The third kappa shape index (κ3) is 5.36. The maximum Gasteiger partial charge on any atom is 0.251 e. The van der Waals surface area contributed by atoms with Crippen LogP contribution in [0.1, 0.15) is 32.7 Å². The average Bonchev–Trinajstić information content (AvgIpc) is 3.33. The van der Waals surface area contributed by atoms with Crippen LogP contribution in [0.2, 0.25) is 0 Å². The number of aromatic nitrogens is 3. The van der Waals surface area contributed by atoms with E-state index in [0.29, 0.717) is 31.0 Å². The van der Waals surface area contributed by atoms with Gasteiger partial charge in [0.25, 0.3) is 11.5 Å². The van der Waals surface area contributed by atoms with Gasteiger partial charge in [-0.2, -0.15) is 0 Å². The van der Waals surface area contributed by atoms with Crippen LogP contribution < -0.4 is 15.6 Å². The number of amides is 1. The summed E-state index contributed by atoms with van der Waals surface area (Å²) in [7, 11) is 0. The summed E-state index contributed by atoms with van der Waals surface area (Å²) < 4.78 is 9.50. The number of carbonyl (C=O) groups is 1. The first-order valence-electron chi connectivity index (χ1n) is 11.7. The minimum Gasteiger partial charge on any atom is -0.487 e. The molecule has 0 saturated heterocycles. The van der Waals surface area contributed by atoms with E-state index in [1.54, 1.807) is 47.2 Å². The molecule has 3 heterocycles. The van der Waals surface area contributed by atoms with E-state index < -0.39 is 0 Å². The summed E-state index contributed by atoms with van der Waals surface area (Å²) in [6.07, 6.45) is 5.69. The number of carbonyl (C=O) groups excluding carboxylic acids is 1. The highest BCUT2D eigenvalue weighted by molar-refractivity contribution is 5.94. The Morgan fingerprint density at radius 1 is 0.917 bits per heavy atom. The van der Waals surface area contributed by atoms with Gasteiger partial charge in [0.05, 0.1) is 12.2 Å². The summed E-state index contributed by atoms with van der Waals surface area (Å²) in [5.74, 6) is 0.519. The van der Waals surface area contributed by atoms with Crippen molar-refractivity contribution >= 4 is 11.6 Å². The van der Waals surface area contributed by atoms with E-state index in [1.165, 1.54) is 0 Å². The quantitative estimate of drug-likeness (QED) is 0.360. The molecule has 7 nitrogen and oxygen atoms in total. The van der Waals surface area contributed by atoms with Gasteiger partial charge in [-0.1, -0.05) is 36.4 Å². The molecule has 5 aromatic rings. The lowest BCUT2D eigenvalue weighted by atomic mass is 10.1. The molecule has 2 aromatic carbocycles. The highest BCUT2D eigenvalue weighted by Crippen LogP contribution is 2.16. The van der Waals surface area contributed by atoms with Gasteiger partial charge in [0.1, 0.15) is 18.0 Å². The number of ether oxygens (including phenoxy) is 1. The third-order valence-electron chi connectivity index (χ3n) is 5.96. The number of imidazole rings is 1. The molecular formula is C29H26N4O3. The number of fused-ring (bicyclic) bond motifs is 1. The minimum absolute atomic E-state index is 0.0319. The Hall–Kier alpha value is -4.65. The first-order chi connectivity index (χ1) is 17.5. The monoisotopic (exact) mass is 478 g/mol. The van der Waals surface area contributed by atoms with Crippen LogP contribution >= 0.6 is 0 Å². The number of aryl methyl sites for hydroxylation is 1. The van der Waals surface area contributed by atoms with Crippen LogP contribution in [0.25, 0.3) is 5.65 Å². The maximum absolute atomic E-state index is 12.6. The number of pyridine rings is 2. The molecule has 0 radical (unpaired) electrons. The molecule has 7 heteroatoms. The van der Waals surface area contributed by atoms with Gasteiger partial charge in [-0.3, -0.25) is 9.59 Å². The highest BCUT2D eigenvalue weighted by atomic mass is 16.5.